The third-order valence-corrected chi connectivity index (χ3v) is 3.36. The number of nitro benzene ring substituents is 1. The van der Waals surface area contributed by atoms with Gasteiger partial charge in [-0.1, -0.05) is 13.8 Å². The van der Waals surface area contributed by atoms with Gasteiger partial charge in [-0.2, -0.15) is 0 Å². The number of amides is 1. The van der Waals surface area contributed by atoms with E-state index >= 15 is 0 Å². The van der Waals surface area contributed by atoms with Crippen molar-refractivity contribution in [2.75, 3.05) is 26.2 Å². The Morgan fingerprint density at radius 1 is 1.14 bits per heavy atom. The Hall–Kier alpha value is -1.95. The topological polar surface area (TPSA) is 75.5 Å². The quantitative estimate of drug-likeness (QED) is 0.410. The summed E-state index contributed by atoms with van der Waals surface area (Å²) < 4.78 is 0. The SMILES string of the molecule is CCCN(CCC)CCCNC(=O)c1ccc([N+](=O)[O-])cc1. The van der Waals surface area contributed by atoms with Crippen molar-refractivity contribution in [3.63, 3.8) is 0 Å². The summed E-state index contributed by atoms with van der Waals surface area (Å²) in [5, 5.41) is 13.4. The summed E-state index contributed by atoms with van der Waals surface area (Å²) in [6, 6.07) is 5.65. The van der Waals surface area contributed by atoms with E-state index < -0.39 is 4.92 Å². The molecular formula is C16H25N3O3. The molecule has 0 spiro atoms. The van der Waals surface area contributed by atoms with E-state index in [4.69, 9.17) is 0 Å². The van der Waals surface area contributed by atoms with E-state index in [1.54, 1.807) is 0 Å². The number of rotatable bonds is 10. The Labute approximate surface area is 131 Å². The predicted molar refractivity (Wildman–Crippen MR) is 87.1 cm³/mol. The Balaban J connectivity index is 2.34. The lowest BCUT2D eigenvalue weighted by Crippen LogP contribution is -2.31. The van der Waals surface area contributed by atoms with Crippen LogP contribution in [-0.4, -0.2) is 41.9 Å². The molecule has 0 unspecified atom stereocenters. The number of nitro groups is 1. The number of hydrogen-bond donors (Lipinski definition) is 1. The molecule has 0 aromatic heterocycles. The molecule has 0 atom stereocenters. The van der Waals surface area contributed by atoms with Crippen molar-refractivity contribution >= 4 is 11.6 Å². The molecule has 1 amide bonds. The standard InChI is InChI=1S/C16H25N3O3/c1-3-11-18(12-4-2)13-5-10-17-16(20)14-6-8-15(9-7-14)19(21)22/h6-9H,3-5,10-13H2,1-2H3,(H,17,20). The predicted octanol–water partition coefficient (Wildman–Crippen LogP) is 2.84. The minimum atomic E-state index is -0.474. The van der Waals surface area contributed by atoms with Crippen LogP contribution in [0.5, 0.6) is 0 Å². The second-order valence-corrected chi connectivity index (χ2v) is 5.26. The molecule has 0 aliphatic heterocycles. The zero-order chi connectivity index (χ0) is 16.4. The lowest BCUT2D eigenvalue weighted by atomic mass is 10.2. The van der Waals surface area contributed by atoms with E-state index in [2.05, 4.69) is 24.1 Å². The summed E-state index contributed by atoms with van der Waals surface area (Å²) in [6.45, 7) is 8.09. The monoisotopic (exact) mass is 307 g/mol. The highest BCUT2D eigenvalue weighted by Crippen LogP contribution is 2.11. The van der Waals surface area contributed by atoms with Crippen LogP contribution in [0.3, 0.4) is 0 Å². The maximum absolute atomic E-state index is 11.9. The van der Waals surface area contributed by atoms with Gasteiger partial charge in [-0.15, -0.1) is 0 Å². The molecule has 6 nitrogen and oxygen atoms in total. The van der Waals surface area contributed by atoms with Crippen LogP contribution in [0.4, 0.5) is 5.69 Å². The lowest BCUT2D eigenvalue weighted by molar-refractivity contribution is -0.384. The first-order chi connectivity index (χ1) is 10.6. The summed E-state index contributed by atoms with van der Waals surface area (Å²) in [5.41, 5.74) is 0.441. The first-order valence-electron chi connectivity index (χ1n) is 7.83. The van der Waals surface area contributed by atoms with Gasteiger partial charge in [-0.25, -0.2) is 0 Å². The second-order valence-electron chi connectivity index (χ2n) is 5.26. The highest BCUT2D eigenvalue weighted by atomic mass is 16.6. The highest BCUT2D eigenvalue weighted by Gasteiger charge is 2.09. The van der Waals surface area contributed by atoms with Gasteiger partial charge in [0.2, 0.25) is 0 Å². The Morgan fingerprint density at radius 2 is 1.73 bits per heavy atom. The fraction of sp³-hybridized carbons (Fsp3) is 0.562. The molecule has 0 aliphatic rings. The van der Waals surface area contributed by atoms with Crippen molar-refractivity contribution in [3.05, 3.63) is 39.9 Å². The van der Waals surface area contributed by atoms with Crippen molar-refractivity contribution in [3.8, 4) is 0 Å². The van der Waals surface area contributed by atoms with E-state index in [0.717, 1.165) is 38.9 Å². The highest BCUT2D eigenvalue weighted by molar-refractivity contribution is 5.94. The summed E-state index contributed by atoms with van der Waals surface area (Å²) in [7, 11) is 0. The van der Waals surface area contributed by atoms with Crippen molar-refractivity contribution in [1.82, 2.24) is 10.2 Å². The summed E-state index contributed by atoms with van der Waals surface area (Å²) in [5.74, 6) is -0.188. The molecule has 0 heterocycles. The molecule has 1 aromatic rings. The Kier molecular flexibility index (Phi) is 8.14. The first-order valence-corrected chi connectivity index (χ1v) is 7.83. The molecule has 0 fully saturated rings. The smallest absolute Gasteiger partial charge is 0.269 e. The fourth-order valence-corrected chi connectivity index (χ4v) is 2.31. The lowest BCUT2D eigenvalue weighted by Gasteiger charge is -2.20. The second kappa shape index (κ2) is 9.89. The molecule has 6 heteroatoms. The maximum atomic E-state index is 11.9. The Bertz CT molecular complexity index is 468. The molecule has 0 saturated heterocycles. The molecule has 1 aromatic carbocycles. The third kappa shape index (κ3) is 6.22. The number of carbonyl (C=O) groups is 1. The normalized spacial score (nSPS) is 10.7. The molecular weight excluding hydrogens is 282 g/mol. The van der Waals surface area contributed by atoms with E-state index in [-0.39, 0.29) is 11.6 Å². The van der Waals surface area contributed by atoms with Crippen LogP contribution in [0.1, 0.15) is 43.5 Å². The van der Waals surface area contributed by atoms with Crippen LogP contribution in [0.25, 0.3) is 0 Å². The van der Waals surface area contributed by atoms with Crippen molar-refractivity contribution in [2.45, 2.75) is 33.1 Å². The van der Waals surface area contributed by atoms with Crippen LogP contribution >= 0.6 is 0 Å². The number of benzene rings is 1. The first kappa shape index (κ1) is 18.1. The van der Waals surface area contributed by atoms with E-state index in [1.165, 1.54) is 24.3 Å². The molecule has 0 radical (unpaired) electrons. The van der Waals surface area contributed by atoms with Crippen LogP contribution in [0, 0.1) is 10.1 Å². The minimum absolute atomic E-state index is 0.00803. The van der Waals surface area contributed by atoms with Gasteiger partial charge in [0.25, 0.3) is 11.6 Å². The largest absolute Gasteiger partial charge is 0.352 e. The fourth-order valence-electron chi connectivity index (χ4n) is 2.31. The number of hydrogen-bond acceptors (Lipinski definition) is 4. The van der Waals surface area contributed by atoms with Gasteiger partial charge in [0.05, 0.1) is 4.92 Å². The minimum Gasteiger partial charge on any atom is -0.352 e. The van der Waals surface area contributed by atoms with Crippen LogP contribution in [0.15, 0.2) is 24.3 Å². The summed E-state index contributed by atoms with van der Waals surface area (Å²) in [6.07, 6.45) is 3.17. The molecule has 22 heavy (non-hydrogen) atoms. The molecule has 1 rings (SSSR count). The van der Waals surface area contributed by atoms with Gasteiger partial charge in [0.1, 0.15) is 0 Å². The van der Waals surface area contributed by atoms with Crippen LogP contribution in [0.2, 0.25) is 0 Å². The van der Waals surface area contributed by atoms with Gasteiger partial charge in [-0.05, 0) is 51.0 Å². The van der Waals surface area contributed by atoms with Crippen LogP contribution < -0.4 is 5.32 Å². The van der Waals surface area contributed by atoms with E-state index in [0.29, 0.717) is 12.1 Å². The summed E-state index contributed by atoms with van der Waals surface area (Å²) in [4.78, 5) is 24.4. The number of nitrogens with zero attached hydrogens (tertiary/aromatic N) is 2. The zero-order valence-corrected chi connectivity index (χ0v) is 13.4. The van der Waals surface area contributed by atoms with E-state index in [9.17, 15) is 14.9 Å². The van der Waals surface area contributed by atoms with E-state index in [1.807, 2.05) is 0 Å². The number of nitrogens with one attached hydrogen (secondary N) is 1. The third-order valence-electron chi connectivity index (χ3n) is 3.36. The van der Waals surface area contributed by atoms with Crippen molar-refractivity contribution < 1.29 is 9.72 Å². The molecule has 1 N–H and O–H groups in total. The molecule has 0 saturated carbocycles. The summed E-state index contributed by atoms with van der Waals surface area (Å²) >= 11 is 0. The van der Waals surface area contributed by atoms with Gasteiger partial charge in [0.15, 0.2) is 0 Å². The van der Waals surface area contributed by atoms with Gasteiger partial charge < -0.3 is 10.2 Å². The molecule has 122 valence electrons. The van der Waals surface area contributed by atoms with Crippen molar-refractivity contribution in [1.29, 1.82) is 0 Å². The number of non-ortho nitro benzene ring substituents is 1. The number of carbonyl (C=O) groups excluding carboxylic acids is 1. The maximum Gasteiger partial charge on any atom is 0.269 e. The molecule has 0 bridgehead atoms. The average Bonchev–Trinajstić information content (AvgIpc) is 2.51. The Morgan fingerprint density at radius 3 is 2.23 bits per heavy atom. The van der Waals surface area contributed by atoms with Crippen molar-refractivity contribution in [2.24, 2.45) is 0 Å². The average molecular weight is 307 g/mol. The van der Waals surface area contributed by atoms with Gasteiger partial charge >= 0.3 is 0 Å². The zero-order valence-electron chi connectivity index (χ0n) is 13.4. The molecule has 0 aliphatic carbocycles. The van der Waals surface area contributed by atoms with Crippen LogP contribution in [-0.2, 0) is 0 Å². The van der Waals surface area contributed by atoms with Gasteiger partial charge in [0, 0.05) is 24.2 Å². The van der Waals surface area contributed by atoms with Gasteiger partial charge in [-0.3, -0.25) is 14.9 Å².